The van der Waals surface area contributed by atoms with E-state index in [4.69, 9.17) is 4.74 Å². The zero-order valence-corrected chi connectivity index (χ0v) is 19.8. The highest BCUT2D eigenvalue weighted by Crippen LogP contribution is 2.29. The molecule has 1 aliphatic heterocycles. The molecule has 1 aromatic heterocycles. The van der Waals surface area contributed by atoms with Crippen LogP contribution in [0.25, 0.3) is 0 Å². The van der Waals surface area contributed by atoms with E-state index in [1.165, 1.54) is 37.5 Å². The summed E-state index contributed by atoms with van der Waals surface area (Å²) < 4.78 is 7.04. The molecule has 7 heteroatoms. The number of carbonyl (C=O) groups is 1. The summed E-state index contributed by atoms with van der Waals surface area (Å²) in [6, 6.07) is 19.1. The second-order valence-electron chi connectivity index (χ2n) is 9.37. The van der Waals surface area contributed by atoms with Gasteiger partial charge in [0.05, 0.1) is 25.3 Å². The van der Waals surface area contributed by atoms with E-state index in [2.05, 4.69) is 48.8 Å². The molecule has 2 aromatic carbocycles. The molecular formula is C27H33N5O2. The maximum atomic E-state index is 11.9. The average molecular weight is 460 g/mol. The van der Waals surface area contributed by atoms with Crippen LogP contribution in [0.3, 0.4) is 0 Å². The van der Waals surface area contributed by atoms with Crippen LogP contribution in [-0.4, -0.2) is 69.9 Å². The molecule has 1 atom stereocenters. The molecule has 0 radical (unpaired) electrons. The fraction of sp³-hybridized carbons (Fsp3) is 0.444. The Morgan fingerprint density at radius 3 is 2.38 bits per heavy atom. The maximum Gasteiger partial charge on any atom is 0.337 e. The lowest BCUT2D eigenvalue weighted by molar-refractivity contribution is 0.0397. The van der Waals surface area contributed by atoms with Crippen molar-refractivity contribution in [2.45, 2.75) is 44.3 Å². The molecule has 178 valence electrons. The smallest absolute Gasteiger partial charge is 0.337 e. The Morgan fingerprint density at radius 1 is 1.00 bits per heavy atom. The van der Waals surface area contributed by atoms with Crippen LogP contribution in [0.1, 0.15) is 52.6 Å². The van der Waals surface area contributed by atoms with E-state index in [1.54, 1.807) is 0 Å². The highest BCUT2D eigenvalue weighted by molar-refractivity contribution is 5.89. The number of piperazine rings is 1. The summed E-state index contributed by atoms with van der Waals surface area (Å²) in [5.41, 5.74) is 2.98. The van der Waals surface area contributed by atoms with E-state index < -0.39 is 0 Å². The van der Waals surface area contributed by atoms with Gasteiger partial charge in [-0.05, 0) is 42.5 Å². The van der Waals surface area contributed by atoms with E-state index >= 15 is 0 Å². The van der Waals surface area contributed by atoms with Crippen LogP contribution in [0.5, 0.6) is 0 Å². The van der Waals surface area contributed by atoms with Crippen molar-refractivity contribution in [2.24, 2.45) is 0 Å². The van der Waals surface area contributed by atoms with Gasteiger partial charge in [0.15, 0.2) is 5.82 Å². The Balaban J connectivity index is 1.37. The normalized spacial score (nSPS) is 18.4. The van der Waals surface area contributed by atoms with Crippen LogP contribution in [0.4, 0.5) is 0 Å². The number of benzene rings is 2. The minimum atomic E-state index is -0.308. The maximum absolute atomic E-state index is 11.9. The molecule has 1 saturated heterocycles. The Bertz CT molecular complexity index is 1070. The first-order valence-electron chi connectivity index (χ1n) is 12.3. The zero-order chi connectivity index (χ0) is 23.3. The fourth-order valence-corrected chi connectivity index (χ4v) is 5.09. The first kappa shape index (κ1) is 22.7. The lowest BCUT2D eigenvalue weighted by Crippen LogP contribution is -2.53. The largest absolute Gasteiger partial charge is 0.465 e. The van der Waals surface area contributed by atoms with E-state index in [1.807, 2.05) is 36.7 Å². The minimum Gasteiger partial charge on any atom is -0.465 e. The molecule has 1 saturated carbocycles. The number of methoxy groups -OCH3 is 1. The summed E-state index contributed by atoms with van der Waals surface area (Å²) in [6.07, 6.45) is 6.74. The third kappa shape index (κ3) is 5.05. The number of carbonyl (C=O) groups excluding carboxylic acids is 1. The summed E-state index contributed by atoms with van der Waals surface area (Å²) in [5.74, 6) is 0.691. The number of nitrogens with zero attached hydrogens (tertiary/aromatic N) is 5. The molecule has 0 spiro atoms. The molecule has 34 heavy (non-hydrogen) atoms. The van der Waals surface area contributed by atoms with Gasteiger partial charge in [-0.15, -0.1) is 10.2 Å². The second kappa shape index (κ2) is 10.5. The summed E-state index contributed by atoms with van der Waals surface area (Å²) >= 11 is 0. The number of aromatic nitrogens is 3. The van der Waals surface area contributed by atoms with Crippen molar-refractivity contribution in [1.29, 1.82) is 0 Å². The van der Waals surface area contributed by atoms with Crippen molar-refractivity contribution in [3.05, 3.63) is 83.4 Å². The molecule has 0 bridgehead atoms. The second-order valence-corrected chi connectivity index (χ2v) is 9.37. The molecule has 3 aromatic rings. The Hall–Kier alpha value is -3.03. The van der Waals surface area contributed by atoms with Crippen LogP contribution in [0.2, 0.25) is 0 Å². The van der Waals surface area contributed by atoms with Crippen LogP contribution in [0.15, 0.2) is 60.9 Å². The summed E-state index contributed by atoms with van der Waals surface area (Å²) in [5, 5.41) is 8.91. The van der Waals surface area contributed by atoms with Gasteiger partial charge in [-0.1, -0.05) is 48.9 Å². The molecule has 0 amide bonds. The zero-order valence-electron chi connectivity index (χ0n) is 19.8. The molecule has 7 nitrogen and oxygen atoms in total. The first-order valence-corrected chi connectivity index (χ1v) is 12.3. The van der Waals surface area contributed by atoms with E-state index in [0.717, 1.165) is 51.0 Å². The monoisotopic (exact) mass is 459 g/mol. The number of esters is 1. The number of hydrogen-bond acceptors (Lipinski definition) is 6. The van der Waals surface area contributed by atoms with Crippen LogP contribution >= 0.6 is 0 Å². The molecule has 5 rings (SSSR count). The predicted molar refractivity (Wildman–Crippen MR) is 131 cm³/mol. The van der Waals surface area contributed by atoms with E-state index in [0.29, 0.717) is 5.56 Å². The van der Waals surface area contributed by atoms with Crippen molar-refractivity contribution < 1.29 is 9.53 Å². The van der Waals surface area contributed by atoms with Gasteiger partial charge in [-0.3, -0.25) is 9.80 Å². The number of ether oxygens (including phenoxy) is 1. The Morgan fingerprint density at radius 2 is 1.74 bits per heavy atom. The summed E-state index contributed by atoms with van der Waals surface area (Å²) in [7, 11) is 1.41. The molecule has 2 heterocycles. The lowest BCUT2D eigenvalue weighted by Gasteiger charge is -2.44. The number of rotatable bonds is 8. The predicted octanol–water partition coefficient (Wildman–Crippen LogP) is 3.57. The van der Waals surface area contributed by atoms with Gasteiger partial charge >= 0.3 is 5.97 Å². The van der Waals surface area contributed by atoms with Crippen LogP contribution in [0, 0.1) is 0 Å². The molecule has 2 aliphatic rings. The average Bonchev–Trinajstić information content (AvgIpc) is 3.30. The van der Waals surface area contributed by atoms with Crippen molar-refractivity contribution in [3.8, 4) is 0 Å². The standard InChI is InChI=1S/C27H33N5O2/c1-34-27(33)23-12-10-21(11-13-23)18-25(31-16-14-30(15-17-31)24-8-5-9-24)26-29-28-20-32(26)19-22-6-3-2-4-7-22/h2-4,6-7,10-13,20,24-25H,5,8-9,14-19H2,1H3. The van der Waals surface area contributed by atoms with Crippen molar-refractivity contribution >= 4 is 5.97 Å². The molecule has 1 unspecified atom stereocenters. The Kier molecular flexibility index (Phi) is 7.02. The first-order chi connectivity index (χ1) is 16.7. The van der Waals surface area contributed by atoms with Crippen molar-refractivity contribution in [2.75, 3.05) is 33.3 Å². The van der Waals surface area contributed by atoms with Gasteiger partial charge in [-0.2, -0.15) is 0 Å². The van der Waals surface area contributed by atoms with E-state index in [9.17, 15) is 4.79 Å². The van der Waals surface area contributed by atoms with Crippen molar-refractivity contribution in [1.82, 2.24) is 24.6 Å². The van der Waals surface area contributed by atoms with Gasteiger partial charge in [0, 0.05) is 32.2 Å². The third-order valence-corrected chi connectivity index (χ3v) is 7.32. The molecule has 0 N–H and O–H groups in total. The molecule has 1 aliphatic carbocycles. The highest BCUT2D eigenvalue weighted by atomic mass is 16.5. The molecule has 2 fully saturated rings. The van der Waals surface area contributed by atoms with Crippen molar-refractivity contribution in [3.63, 3.8) is 0 Å². The van der Waals surface area contributed by atoms with E-state index in [-0.39, 0.29) is 12.0 Å². The van der Waals surface area contributed by atoms with Gasteiger partial charge in [-0.25, -0.2) is 4.79 Å². The van der Waals surface area contributed by atoms with Gasteiger partial charge in [0.1, 0.15) is 6.33 Å². The SMILES string of the molecule is COC(=O)c1ccc(CC(c2nncn2Cc2ccccc2)N2CCN(C3CCC3)CC2)cc1. The highest BCUT2D eigenvalue weighted by Gasteiger charge is 2.32. The van der Waals surface area contributed by atoms with Gasteiger partial charge in [0.25, 0.3) is 0 Å². The minimum absolute atomic E-state index is 0.124. The van der Waals surface area contributed by atoms with Gasteiger partial charge < -0.3 is 9.30 Å². The van der Waals surface area contributed by atoms with Crippen LogP contribution in [-0.2, 0) is 17.7 Å². The summed E-state index contributed by atoms with van der Waals surface area (Å²) in [6.45, 7) is 5.02. The number of hydrogen-bond donors (Lipinski definition) is 0. The Labute approximate surface area is 201 Å². The van der Waals surface area contributed by atoms with Crippen LogP contribution < -0.4 is 0 Å². The summed E-state index contributed by atoms with van der Waals surface area (Å²) in [4.78, 5) is 17.1. The molecular weight excluding hydrogens is 426 g/mol. The quantitative estimate of drug-likeness (QED) is 0.480. The topological polar surface area (TPSA) is 63.5 Å². The van der Waals surface area contributed by atoms with Gasteiger partial charge in [0.2, 0.25) is 0 Å². The lowest BCUT2D eigenvalue weighted by atomic mass is 9.91. The third-order valence-electron chi connectivity index (χ3n) is 7.32. The fourth-order valence-electron chi connectivity index (χ4n) is 5.09.